The summed E-state index contributed by atoms with van der Waals surface area (Å²) >= 11 is 7.39. The minimum absolute atomic E-state index is 0.584. The third kappa shape index (κ3) is 3.65. The molecule has 0 amide bonds. The monoisotopic (exact) mass is 232 g/mol. The highest BCUT2D eigenvalue weighted by molar-refractivity contribution is 7.99. The lowest BCUT2D eigenvalue weighted by atomic mass is 10.2. The van der Waals surface area contributed by atoms with E-state index >= 15 is 0 Å². The molecule has 0 aromatic carbocycles. The van der Waals surface area contributed by atoms with Crippen LogP contribution in [0.25, 0.3) is 0 Å². The van der Waals surface area contributed by atoms with Crippen LogP contribution < -0.4 is 5.32 Å². The molecule has 0 saturated carbocycles. The van der Waals surface area contributed by atoms with E-state index in [1.165, 1.54) is 11.5 Å². The van der Waals surface area contributed by atoms with E-state index in [0.717, 1.165) is 18.2 Å². The quantitative estimate of drug-likeness (QED) is 0.732. The summed E-state index contributed by atoms with van der Waals surface area (Å²) in [5.41, 5.74) is 0. The van der Waals surface area contributed by atoms with Crippen molar-refractivity contribution in [2.24, 2.45) is 5.92 Å². The third-order valence-electron chi connectivity index (χ3n) is 2.29. The Morgan fingerprint density at radius 2 is 2.36 bits per heavy atom. The Morgan fingerprint density at radius 3 is 2.93 bits per heavy atom. The maximum atomic E-state index is 5.38. The number of thiocarbonyl (C=S) groups is 1. The van der Waals surface area contributed by atoms with Gasteiger partial charge >= 0.3 is 0 Å². The molecular weight excluding hydrogens is 212 g/mol. The lowest BCUT2D eigenvalue weighted by Crippen LogP contribution is -2.49. The standard InChI is InChI=1S/C10H20N2S2/c1-8(2)6-11-10(13)12-4-5-14-7-9(12)3/h8-9H,4-7H2,1-3H3,(H,11,13). The van der Waals surface area contributed by atoms with Crippen LogP contribution in [0.2, 0.25) is 0 Å². The van der Waals surface area contributed by atoms with Gasteiger partial charge in [0.15, 0.2) is 5.11 Å². The predicted molar refractivity (Wildman–Crippen MR) is 68.9 cm³/mol. The molecule has 1 fully saturated rings. The van der Waals surface area contributed by atoms with Gasteiger partial charge in [-0.1, -0.05) is 13.8 Å². The molecule has 0 radical (unpaired) electrons. The lowest BCUT2D eigenvalue weighted by Gasteiger charge is -2.35. The average Bonchev–Trinajstić information content (AvgIpc) is 2.15. The summed E-state index contributed by atoms with van der Waals surface area (Å²) in [5, 5.41) is 4.27. The van der Waals surface area contributed by atoms with Gasteiger partial charge in [0.05, 0.1) is 0 Å². The molecule has 1 aliphatic heterocycles. The molecule has 0 bridgehead atoms. The molecule has 0 spiro atoms. The molecule has 2 nitrogen and oxygen atoms in total. The van der Waals surface area contributed by atoms with Gasteiger partial charge < -0.3 is 10.2 Å². The van der Waals surface area contributed by atoms with Crippen molar-refractivity contribution in [2.75, 3.05) is 24.6 Å². The summed E-state index contributed by atoms with van der Waals surface area (Å²) in [6, 6.07) is 0.584. The Balaban J connectivity index is 2.34. The van der Waals surface area contributed by atoms with Crippen molar-refractivity contribution >= 4 is 29.1 Å². The van der Waals surface area contributed by atoms with E-state index in [1.807, 2.05) is 11.8 Å². The molecule has 82 valence electrons. The van der Waals surface area contributed by atoms with Crippen molar-refractivity contribution in [1.82, 2.24) is 10.2 Å². The number of hydrogen-bond acceptors (Lipinski definition) is 2. The van der Waals surface area contributed by atoms with Crippen molar-refractivity contribution in [3.05, 3.63) is 0 Å². The van der Waals surface area contributed by atoms with Crippen LogP contribution in [-0.2, 0) is 0 Å². The van der Waals surface area contributed by atoms with E-state index < -0.39 is 0 Å². The molecular formula is C10H20N2S2. The first kappa shape index (κ1) is 12.1. The van der Waals surface area contributed by atoms with Crippen LogP contribution in [0.1, 0.15) is 20.8 Å². The fourth-order valence-corrected chi connectivity index (χ4v) is 2.79. The number of thioether (sulfide) groups is 1. The Hall–Kier alpha value is 0.0400. The van der Waals surface area contributed by atoms with Crippen LogP contribution in [0.15, 0.2) is 0 Å². The first-order valence-corrected chi connectivity index (χ1v) is 6.79. The smallest absolute Gasteiger partial charge is 0.169 e. The highest BCUT2D eigenvalue weighted by Crippen LogP contribution is 2.15. The summed E-state index contributed by atoms with van der Waals surface area (Å²) in [7, 11) is 0. The van der Waals surface area contributed by atoms with E-state index in [2.05, 4.69) is 31.0 Å². The fraction of sp³-hybridized carbons (Fsp3) is 0.900. The second-order valence-electron chi connectivity index (χ2n) is 4.20. The SMILES string of the molecule is CC(C)CNC(=S)N1CCSCC1C. The fourth-order valence-electron chi connectivity index (χ4n) is 1.42. The molecule has 1 atom stereocenters. The maximum Gasteiger partial charge on any atom is 0.169 e. The molecule has 1 heterocycles. The highest BCUT2D eigenvalue weighted by Gasteiger charge is 2.20. The second kappa shape index (κ2) is 5.81. The summed E-state index contributed by atoms with van der Waals surface area (Å²) < 4.78 is 0. The Kier molecular flexibility index (Phi) is 5.02. The van der Waals surface area contributed by atoms with Crippen LogP contribution in [0, 0.1) is 5.92 Å². The van der Waals surface area contributed by atoms with Crippen molar-refractivity contribution in [3.63, 3.8) is 0 Å². The molecule has 14 heavy (non-hydrogen) atoms. The van der Waals surface area contributed by atoms with Crippen LogP contribution in [0.5, 0.6) is 0 Å². The summed E-state index contributed by atoms with van der Waals surface area (Å²) in [6.45, 7) is 8.72. The zero-order valence-electron chi connectivity index (χ0n) is 9.25. The minimum Gasteiger partial charge on any atom is -0.362 e. The molecule has 1 N–H and O–H groups in total. The van der Waals surface area contributed by atoms with Gasteiger partial charge in [0, 0.05) is 30.6 Å². The van der Waals surface area contributed by atoms with Crippen LogP contribution >= 0.6 is 24.0 Å². The number of nitrogens with zero attached hydrogens (tertiary/aromatic N) is 1. The molecule has 4 heteroatoms. The Labute approximate surface area is 96.8 Å². The van der Waals surface area contributed by atoms with Crippen LogP contribution in [0.3, 0.4) is 0 Å². The van der Waals surface area contributed by atoms with Gasteiger partial charge in [-0.15, -0.1) is 0 Å². The van der Waals surface area contributed by atoms with Gasteiger partial charge in [0.25, 0.3) is 0 Å². The molecule has 1 saturated heterocycles. The van der Waals surface area contributed by atoms with E-state index in [4.69, 9.17) is 12.2 Å². The minimum atomic E-state index is 0.584. The zero-order chi connectivity index (χ0) is 10.6. The Morgan fingerprint density at radius 1 is 1.64 bits per heavy atom. The van der Waals surface area contributed by atoms with Gasteiger partial charge in [-0.2, -0.15) is 11.8 Å². The summed E-state index contributed by atoms with van der Waals surface area (Å²) in [4.78, 5) is 2.31. The van der Waals surface area contributed by atoms with Gasteiger partial charge in [-0.05, 0) is 25.1 Å². The van der Waals surface area contributed by atoms with E-state index in [-0.39, 0.29) is 0 Å². The average molecular weight is 232 g/mol. The predicted octanol–water partition coefficient (Wildman–Crippen LogP) is 1.95. The van der Waals surface area contributed by atoms with E-state index in [1.54, 1.807) is 0 Å². The molecule has 1 aliphatic rings. The zero-order valence-corrected chi connectivity index (χ0v) is 10.9. The number of nitrogens with one attached hydrogen (secondary N) is 1. The van der Waals surface area contributed by atoms with Crippen LogP contribution in [0.4, 0.5) is 0 Å². The van der Waals surface area contributed by atoms with Crippen molar-refractivity contribution in [2.45, 2.75) is 26.8 Å². The highest BCUT2D eigenvalue weighted by atomic mass is 32.2. The van der Waals surface area contributed by atoms with Gasteiger partial charge in [-0.3, -0.25) is 0 Å². The Bertz CT molecular complexity index is 195. The van der Waals surface area contributed by atoms with Gasteiger partial charge in [-0.25, -0.2) is 0 Å². The van der Waals surface area contributed by atoms with E-state index in [9.17, 15) is 0 Å². The van der Waals surface area contributed by atoms with Gasteiger partial charge in [0.2, 0.25) is 0 Å². The molecule has 1 rings (SSSR count). The molecule has 1 unspecified atom stereocenters. The van der Waals surface area contributed by atoms with Crippen molar-refractivity contribution in [1.29, 1.82) is 0 Å². The topological polar surface area (TPSA) is 15.3 Å². The van der Waals surface area contributed by atoms with Gasteiger partial charge in [0.1, 0.15) is 0 Å². The largest absolute Gasteiger partial charge is 0.362 e. The summed E-state index contributed by atoms with van der Waals surface area (Å²) in [5.74, 6) is 3.06. The first-order chi connectivity index (χ1) is 6.61. The van der Waals surface area contributed by atoms with Crippen molar-refractivity contribution in [3.8, 4) is 0 Å². The van der Waals surface area contributed by atoms with Crippen molar-refractivity contribution < 1.29 is 0 Å². The second-order valence-corrected chi connectivity index (χ2v) is 5.73. The first-order valence-electron chi connectivity index (χ1n) is 5.23. The molecule has 0 aliphatic carbocycles. The van der Waals surface area contributed by atoms with Crippen LogP contribution in [-0.4, -0.2) is 40.6 Å². The molecule has 0 aromatic heterocycles. The number of hydrogen-bond donors (Lipinski definition) is 1. The summed E-state index contributed by atoms with van der Waals surface area (Å²) in [6.07, 6.45) is 0. The lowest BCUT2D eigenvalue weighted by molar-refractivity contribution is 0.357. The maximum absolute atomic E-state index is 5.38. The normalized spacial score (nSPS) is 22.6. The number of rotatable bonds is 2. The molecule has 0 aromatic rings. The van der Waals surface area contributed by atoms with E-state index in [0.29, 0.717) is 12.0 Å². The third-order valence-corrected chi connectivity index (χ3v) is 3.86.